The summed E-state index contributed by atoms with van der Waals surface area (Å²) in [5.41, 5.74) is 9.62. The molecule has 0 bridgehead atoms. The molecule has 0 spiro atoms. The van der Waals surface area contributed by atoms with E-state index >= 15 is 0 Å². The van der Waals surface area contributed by atoms with Crippen LogP contribution in [0.25, 0.3) is 12.6 Å². The van der Waals surface area contributed by atoms with Gasteiger partial charge in [-0.25, -0.2) is 9.59 Å². The number of rotatable bonds is 8. The molecule has 0 fully saturated rings. The van der Waals surface area contributed by atoms with E-state index in [0.717, 1.165) is 22.3 Å². The number of hydrogen-bond acceptors (Lipinski definition) is 5. The molecule has 1 amide bonds. The van der Waals surface area contributed by atoms with E-state index in [0.29, 0.717) is 13.0 Å². The Morgan fingerprint density at radius 1 is 1.17 bits per heavy atom. The molecule has 6 N–H and O–H groups in total. The molecule has 0 aliphatic heterocycles. The lowest BCUT2D eigenvalue weighted by molar-refractivity contribution is -0.139. The molecule has 0 unspecified atom stereocenters. The highest BCUT2D eigenvalue weighted by molar-refractivity contribution is 5.81. The van der Waals surface area contributed by atoms with Crippen LogP contribution in [0, 0.1) is 5.41 Å². The van der Waals surface area contributed by atoms with Crippen molar-refractivity contribution in [3.8, 4) is 11.1 Å². The molecule has 8 nitrogen and oxygen atoms in total. The van der Waals surface area contributed by atoms with Crippen LogP contribution in [0.3, 0.4) is 0 Å². The van der Waals surface area contributed by atoms with Gasteiger partial charge in [-0.05, 0) is 35.1 Å². The van der Waals surface area contributed by atoms with E-state index in [4.69, 9.17) is 17.3 Å². The van der Waals surface area contributed by atoms with E-state index in [-0.39, 0.29) is 24.9 Å². The molecule has 0 aromatic heterocycles. The number of amides is 1. The number of hydrogen-bond donors (Lipinski definition) is 5. The van der Waals surface area contributed by atoms with Gasteiger partial charge >= 0.3 is 12.1 Å². The smallest absolute Gasteiger partial charge is 0.407 e. The summed E-state index contributed by atoms with van der Waals surface area (Å²) in [6.45, 7) is 0.470. The zero-order valence-corrected chi connectivity index (χ0v) is 15.8. The van der Waals surface area contributed by atoms with E-state index in [9.17, 15) is 9.59 Å². The van der Waals surface area contributed by atoms with Crippen molar-refractivity contribution in [2.45, 2.75) is 24.8 Å². The molecule has 0 heterocycles. The highest BCUT2D eigenvalue weighted by atomic mass is 16.5. The largest absolute Gasteiger partial charge is 0.480 e. The first-order valence-corrected chi connectivity index (χ1v) is 9.37. The van der Waals surface area contributed by atoms with Crippen LogP contribution in [-0.2, 0) is 9.53 Å². The topological polar surface area (TPSA) is 138 Å². The molecule has 8 heteroatoms. The first-order chi connectivity index (χ1) is 14.5. The highest BCUT2D eigenvalue weighted by Gasteiger charge is 2.29. The number of benzene rings is 2. The predicted molar refractivity (Wildman–Crippen MR) is 109 cm³/mol. The minimum Gasteiger partial charge on any atom is -0.480 e. The summed E-state index contributed by atoms with van der Waals surface area (Å²) >= 11 is 0. The van der Waals surface area contributed by atoms with Crippen molar-refractivity contribution in [2.24, 2.45) is 5.73 Å². The Labute approximate surface area is 170 Å². The van der Waals surface area contributed by atoms with Gasteiger partial charge in [0.05, 0.1) is 0 Å². The number of alkyl carbamates (subject to hydrolysis) is 1. The molecule has 29 heavy (non-hydrogen) atoms. The van der Waals surface area contributed by atoms with Gasteiger partial charge in [0.25, 0.3) is 1.43 Å². The van der Waals surface area contributed by atoms with Crippen LogP contribution >= 0.6 is 0 Å². The number of ether oxygens (including phenoxy) is 1. The van der Waals surface area contributed by atoms with Crippen molar-refractivity contribution >= 4 is 18.0 Å². The van der Waals surface area contributed by atoms with E-state index in [1.165, 1.54) is 0 Å². The Balaban J connectivity index is 1.60. The number of aliphatic carboxylic acids is 1. The second-order valence-electron chi connectivity index (χ2n) is 6.82. The second kappa shape index (κ2) is 9.09. The Morgan fingerprint density at radius 2 is 1.79 bits per heavy atom. The second-order valence-corrected chi connectivity index (χ2v) is 6.82. The number of carboxylic acids is 1. The number of carbonyl (C=O) groups excluding carboxylic acids is 1. The van der Waals surface area contributed by atoms with E-state index in [1.807, 2.05) is 48.5 Å². The van der Waals surface area contributed by atoms with Gasteiger partial charge in [0.2, 0.25) is 0 Å². The molecule has 1 aliphatic carbocycles. The number of carboxylic acid groups (broad SMARTS) is 1. The highest BCUT2D eigenvalue weighted by Crippen LogP contribution is 2.44. The standard InChI is InChI=1S/C21H24N4O4/c22-20(23)24-11-5-10-18(19(26)27)25-21(28)29-12-17-15-8-3-1-6-13(15)14-7-2-4-9-16(14)17/h1-4,6-9,17-18H,5,10-12H2,(H,25,28)(H,26,27)(H4,22,23,24)/t18-/m0/s1/i/hD. The number of nitrogens with two attached hydrogens (primary N) is 1. The van der Waals surface area contributed by atoms with E-state index in [1.54, 1.807) is 0 Å². The fourth-order valence-corrected chi connectivity index (χ4v) is 3.56. The normalized spacial score (nSPS) is 13.4. The third kappa shape index (κ3) is 4.84. The van der Waals surface area contributed by atoms with Gasteiger partial charge in [0.15, 0.2) is 5.96 Å². The zero-order chi connectivity index (χ0) is 21.5. The molecular formula is C21H24N4O4. The summed E-state index contributed by atoms with van der Waals surface area (Å²) in [7, 11) is 0. The molecule has 3 rings (SSSR count). The van der Waals surface area contributed by atoms with Crippen LogP contribution in [0.4, 0.5) is 4.79 Å². The molecule has 152 valence electrons. The van der Waals surface area contributed by atoms with Crippen LogP contribution in [0.5, 0.6) is 0 Å². The Kier molecular flexibility index (Phi) is 5.89. The minimum atomic E-state index is -1.02. The molecule has 1 aliphatic rings. The maximum Gasteiger partial charge on any atom is 0.407 e. The SMILES string of the molecule is [2H]OC(=O)[C@H](CCCNC(=N)N)NC(=O)OCC1c2ccccc2-c2ccccc21. The average molecular weight is 397 g/mol. The fraction of sp³-hybridized carbons (Fsp3) is 0.286. The maximum atomic E-state index is 12.3. The number of carbonyl (C=O) groups is 2. The quantitative estimate of drug-likeness (QED) is 0.263. The summed E-state index contributed by atoms with van der Waals surface area (Å²) in [6.07, 6.45) is -0.114. The van der Waals surface area contributed by atoms with Crippen molar-refractivity contribution in [2.75, 3.05) is 13.2 Å². The lowest BCUT2D eigenvalue weighted by Crippen LogP contribution is -2.42. The molecule has 2 aromatic rings. The van der Waals surface area contributed by atoms with Crippen LogP contribution < -0.4 is 16.4 Å². The summed E-state index contributed by atoms with van der Waals surface area (Å²) < 4.78 is 12.2. The lowest BCUT2D eigenvalue weighted by atomic mass is 9.98. The summed E-state index contributed by atoms with van der Waals surface area (Å²) in [4.78, 5) is 24.1. The van der Waals surface area contributed by atoms with Crippen LogP contribution in [-0.4, -0.2) is 42.3 Å². The summed E-state index contributed by atoms with van der Waals surface area (Å²) in [5.74, 6) is -1.16. The van der Waals surface area contributed by atoms with Crippen molar-refractivity contribution < 1.29 is 19.4 Å². The Hall–Kier alpha value is -3.55. The van der Waals surface area contributed by atoms with Gasteiger partial charge in [-0.3, -0.25) is 5.41 Å². The minimum absolute atomic E-state index is 0.0931. The van der Waals surface area contributed by atoms with Gasteiger partial charge in [0.1, 0.15) is 12.6 Å². The van der Waals surface area contributed by atoms with Crippen LogP contribution in [0.1, 0.15) is 29.9 Å². The third-order valence-corrected chi connectivity index (χ3v) is 4.91. The van der Waals surface area contributed by atoms with Crippen molar-refractivity contribution in [1.29, 1.82) is 6.84 Å². The summed E-state index contributed by atoms with van der Waals surface area (Å²) in [5, 5.41) is 16.2. The first-order valence-electron chi connectivity index (χ1n) is 9.78. The number of fused-ring (bicyclic) bond motifs is 3. The van der Waals surface area contributed by atoms with E-state index < -0.39 is 18.1 Å². The fourth-order valence-electron chi connectivity index (χ4n) is 3.56. The van der Waals surface area contributed by atoms with Gasteiger partial charge in [-0.2, -0.15) is 0 Å². The summed E-state index contributed by atoms with van der Waals surface area (Å²) in [6, 6.07) is 15.0. The zero-order valence-electron chi connectivity index (χ0n) is 16.8. The Bertz CT molecular complexity index is 891. The van der Waals surface area contributed by atoms with Gasteiger partial charge < -0.3 is 26.2 Å². The van der Waals surface area contributed by atoms with Crippen molar-refractivity contribution in [1.82, 2.24) is 10.6 Å². The van der Waals surface area contributed by atoms with Crippen LogP contribution in [0.15, 0.2) is 48.5 Å². The van der Waals surface area contributed by atoms with Crippen LogP contribution in [0.2, 0.25) is 0 Å². The van der Waals surface area contributed by atoms with Gasteiger partial charge in [0, 0.05) is 12.5 Å². The monoisotopic (exact) mass is 397 g/mol. The van der Waals surface area contributed by atoms with Crippen molar-refractivity contribution in [3.63, 3.8) is 0 Å². The molecule has 0 saturated carbocycles. The first kappa shape index (κ1) is 18.8. The molecule has 0 radical (unpaired) electrons. The molecule has 0 saturated heterocycles. The predicted octanol–water partition coefficient (Wildman–Crippen LogP) is 2.24. The maximum absolute atomic E-state index is 12.3. The molecular weight excluding hydrogens is 372 g/mol. The Morgan fingerprint density at radius 3 is 2.38 bits per heavy atom. The van der Waals surface area contributed by atoms with Gasteiger partial charge in [-0.15, -0.1) is 0 Å². The number of nitrogens with one attached hydrogen (secondary N) is 3. The third-order valence-electron chi connectivity index (χ3n) is 4.91. The molecule has 1 atom stereocenters. The molecule has 2 aromatic carbocycles. The van der Waals surface area contributed by atoms with E-state index in [2.05, 4.69) is 15.7 Å². The average Bonchev–Trinajstić information content (AvgIpc) is 3.07. The lowest BCUT2D eigenvalue weighted by Gasteiger charge is -2.17. The number of guanidine groups is 1. The van der Waals surface area contributed by atoms with Crippen molar-refractivity contribution in [3.05, 3.63) is 59.7 Å². The van der Waals surface area contributed by atoms with Gasteiger partial charge in [-0.1, -0.05) is 48.5 Å².